The van der Waals surface area contributed by atoms with Gasteiger partial charge in [-0.25, -0.2) is 0 Å². The molecule has 0 radical (unpaired) electrons. The van der Waals surface area contributed by atoms with Crippen molar-refractivity contribution in [1.82, 2.24) is 0 Å². The highest BCUT2D eigenvalue weighted by Crippen LogP contribution is 2.37. The zero-order valence-corrected chi connectivity index (χ0v) is 15.7. The molecule has 1 atom stereocenters. The van der Waals surface area contributed by atoms with Gasteiger partial charge in [0, 0.05) is 25.0 Å². The first-order valence-corrected chi connectivity index (χ1v) is 9.05. The molecule has 3 rings (SSSR count). The van der Waals surface area contributed by atoms with E-state index in [9.17, 15) is 0 Å². The second-order valence-corrected chi connectivity index (χ2v) is 7.97. The fourth-order valence-corrected chi connectivity index (χ4v) is 3.75. The lowest BCUT2D eigenvalue weighted by Crippen LogP contribution is -2.23. The molecule has 1 fully saturated rings. The number of benzene rings is 2. The summed E-state index contributed by atoms with van der Waals surface area (Å²) < 4.78 is 0. The molecule has 2 aromatic carbocycles. The lowest BCUT2D eigenvalue weighted by Gasteiger charge is -2.29. The van der Waals surface area contributed by atoms with Crippen LogP contribution < -0.4 is 10.2 Å². The monoisotopic (exact) mass is 322 g/mol. The minimum Gasteiger partial charge on any atom is -0.388 e. The molecule has 0 unspecified atom stereocenters. The predicted octanol–water partition coefficient (Wildman–Crippen LogP) is 5.68. The summed E-state index contributed by atoms with van der Waals surface area (Å²) >= 11 is 0. The average molecular weight is 322 g/mol. The Labute approximate surface area is 146 Å². The van der Waals surface area contributed by atoms with Crippen LogP contribution >= 0.6 is 0 Å². The summed E-state index contributed by atoms with van der Waals surface area (Å²) in [5, 5.41) is 3.26. The van der Waals surface area contributed by atoms with Crippen molar-refractivity contribution in [3.63, 3.8) is 0 Å². The normalized spacial score (nSPS) is 18.0. The highest BCUT2D eigenvalue weighted by Gasteiger charge is 2.26. The molecular weight excluding hydrogens is 292 g/mol. The highest BCUT2D eigenvalue weighted by atomic mass is 15.2. The summed E-state index contributed by atoms with van der Waals surface area (Å²) in [6, 6.07) is 16.5. The number of anilines is 2. The molecule has 128 valence electrons. The van der Waals surface area contributed by atoms with Gasteiger partial charge in [0.1, 0.15) is 0 Å². The van der Waals surface area contributed by atoms with Gasteiger partial charge in [-0.2, -0.15) is 0 Å². The molecule has 1 saturated heterocycles. The van der Waals surface area contributed by atoms with Gasteiger partial charge in [-0.05, 0) is 60.1 Å². The largest absolute Gasteiger partial charge is 0.388 e. The van der Waals surface area contributed by atoms with E-state index >= 15 is 0 Å². The Morgan fingerprint density at radius 2 is 1.75 bits per heavy atom. The lowest BCUT2D eigenvalue weighted by atomic mass is 9.87. The minimum absolute atomic E-state index is 0.211. The van der Waals surface area contributed by atoms with Crippen LogP contribution in [-0.4, -0.2) is 13.6 Å². The van der Waals surface area contributed by atoms with Gasteiger partial charge in [-0.1, -0.05) is 45.0 Å². The van der Waals surface area contributed by atoms with Crippen molar-refractivity contribution in [1.29, 1.82) is 0 Å². The first kappa shape index (κ1) is 16.9. The SMILES string of the molecule is CNc1ccc([C@H]2CCCN2c2ccc(C(C)(C)C)cc2)cc1C. The van der Waals surface area contributed by atoms with Crippen LogP contribution in [0.15, 0.2) is 42.5 Å². The van der Waals surface area contributed by atoms with Crippen molar-refractivity contribution < 1.29 is 0 Å². The fraction of sp³-hybridized carbons (Fsp3) is 0.455. The summed E-state index contributed by atoms with van der Waals surface area (Å²) in [5.41, 5.74) is 6.94. The molecule has 1 heterocycles. The third kappa shape index (κ3) is 3.28. The van der Waals surface area contributed by atoms with Gasteiger partial charge in [-0.3, -0.25) is 0 Å². The molecule has 2 aromatic rings. The zero-order valence-electron chi connectivity index (χ0n) is 15.7. The van der Waals surface area contributed by atoms with Crippen LogP contribution in [0.2, 0.25) is 0 Å². The number of hydrogen-bond donors (Lipinski definition) is 1. The fourth-order valence-electron chi connectivity index (χ4n) is 3.75. The molecular formula is C22H30N2. The van der Waals surface area contributed by atoms with E-state index in [4.69, 9.17) is 0 Å². The predicted molar refractivity (Wildman–Crippen MR) is 105 cm³/mol. The molecule has 1 N–H and O–H groups in total. The molecule has 2 nitrogen and oxygen atoms in total. The first-order chi connectivity index (χ1) is 11.4. The second kappa shape index (κ2) is 6.51. The van der Waals surface area contributed by atoms with Crippen LogP contribution in [0.4, 0.5) is 11.4 Å². The van der Waals surface area contributed by atoms with Crippen molar-refractivity contribution in [2.24, 2.45) is 0 Å². The van der Waals surface area contributed by atoms with Gasteiger partial charge in [-0.15, -0.1) is 0 Å². The Bertz CT molecular complexity index is 695. The topological polar surface area (TPSA) is 15.3 Å². The van der Waals surface area contributed by atoms with E-state index in [2.05, 4.69) is 80.4 Å². The molecule has 0 bridgehead atoms. The molecule has 0 aromatic heterocycles. The Hall–Kier alpha value is -1.96. The molecule has 0 saturated carbocycles. The Morgan fingerprint density at radius 3 is 2.33 bits per heavy atom. The van der Waals surface area contributed by atoms with Crippen molar-refractivity contribution >= 4 is 11.4 Å². The van der Waals surface area contributed by atoms with E-state index in [1.54, 1.807) is 0 Å². The van der Waals surface area contributed by atoms with Gasteiger partial charge < -0.3 is 10.2 Å². The van der Waals surface area contributed by atoms with Crippen molar-refractivity contribution in [2.45, 2.75) is 52.0 Å². The average Bonchev–Trinajstić information content (AvgIpc) is 3.03. The van der Waals surface area contributed by atoms with Crippen LogP contribution in [0, 0.1) is 6.92 Å². The molecule has 0 amide bonds. The summed E-state index contributed by atoms with van der Waals surface area (Å²) in [4.78, 5) is 2.57. The maximum Gasteiger partial charge on any atom is 0.0543 e. The second-order valence-electron chi connectivity index (χ2n) is 7.97. The van der Waals surface area contributed by atoms with E-state index in [1.807, 2.05) is 7.05 Å². The number of aryl methyl sites for hydroxylation is 1. The van der Waals surface area contributed by atoms with Gasteiger partial charge in [0.05, 0.1) is 6.04 Å². The van der Waals surface area contributed by atoms with E-state index in [1.165, 1.54) is 40.9 Å². The summed E-state index contributed by atoms with van der Waals surface area (Å²) in [5.74, 6) is 0. The summed E-state index contributed by atoms with van der Waals surface area (Å²) in [7, 11) is 1.99. The number of rotatable bonds is 3. The van der Waals surface area contributed by atoms with Gasteiger partial charge in [0.25, 0.3) is 0 Å². The number of hydrogen-bond acceptors (Lipinski definition) is 2. The summed E-state index contributed by atoms with van der Waals surface area (Å²) in [6.45, 7) is 10.1. The highest BCUT2D eigenvalue weighted by molar-refractivity contribution is 5.55. The van der Waals surface area contributed by atoms with E-state index in [0.717, 1.165) is 6.54 Å². The molecule has 1 aliphatic rings. The minimum atomic E-state index is 0.211. The van der Waals surface area contributed by atoms with Crippen molar-refractivity contribution in [3.8, 4) is 0 Å². The molecule has 0 aliphatic carbocycles. The zero-order chi connectivity index (χ0) is 17.3. The third-order valence-electron chi connectivity index (χ3n) is 5.22. The van der Waals surface area contributed by atoms with Crippen LogP contribution in [0.1, 0.15) is 56.3 Å². The van der Waals surface area contributed by atoms with E-state index in [-0.39, 0.29) is 5.41 Å². The quantitative estimate of drug-likeness (QED) is 0.782. The molecule has 24 heavy (non-hydrogen) atoms. The lowest BCUT2D eigenvalue weighted by molar-refractivity contribution is 0.590. The Kier molecular flexibility index (Phi) is 4.58. The molecule has 2 heteroatoms. The van der Waals surface area contributed by atoms with Gasteiger partial charge in [0.2, 0.25) is 0 Å². The standard InChI is InChI=1S/C22H30N2/c1-16-15-17(8-13-20(16)23-5)21-7-6-14-24(21)19-11-9-18(10-12-19)22(2,3)4/h8-13,15,21,23H,6-7,14H2,1-5H3/t21-/m1/s1. The van der Waals surface area contributed by atoms with Crippen molar-refractivity contribution in [3.05, 3.63) is 59.2 Å². The summed E-state index contributed by atoms with van der Waals surface area (Å²) in [6.07, 6.45) is 2.50. The maximum atomic E-state index is 3.26. The van der Waals surface area contributed by atoms with Crippen LogP contribution in [-0.2, 0) is 5.41 Å². The van der Waals surface area contributed by atoms with Crippen LogP contribution in [0.3, 0.4) is 0 Å². The van der Waals surface area contributed by atoms with Crippen LogP contribution in [0.25, 0.3) is 0 Å². The smallest absolute Gasteiger partial charge is 0.0543 e. The van der Waals surface area contributed by atoms with Crippen LogP contribution in [0.5, 0.6) is 0 Å². The molecule has 1 aliphatic heterocycles. The first-order valence-electron chi connectivity index (χ1n) is 9.05. The van der Waals surface area contributed by atoms with Crippen molar-refractivity contribution in [2.75, 3.05) is 23.8 Å². The Balaban J connectivity index is 1.87. The van der Waals surface area contributed by atoms with E-state index in [0.29, 0.717) is 6.04 Å². The Morgan fingerprint density at radius 1 is 1.04 bits per heavy atom. The van der Waals surface area contributed by atoms with Gasteiger partial charge >= 0.3 is 0 Å². The number of nitrogens with one attached hydrogen (secondary N) is 1. The maximum absolute atomic E-state index is 3.26. The third-order valence-corrected chi connectivity index (χ3v) is 5.22. The van der Waals surface area contributed by atoms with E-state index < -0.39 is 0 Å². The van der Waals surface area contributed by atoms with Gasteiger partial charge in [0.15, 0.2) is 0 Å². The molecule has 0 spiro atoms. The number of nitrogens with zero attached hydrogens (tertiary/aromatic N) is 1.